The van der Waals surface area contributed by atoms with Crippen LogP contribution in [-0.2, 0) is 10.0 Å². The van der Waals surface area contributed by atoms with Crippen molar-refractivity contribution >= 4 is 16.0 Å². The van der Waals surface area contributed by atoms with Gasteiger partial charge in [-0.05, 0) is 39.3 Å². The van der Waals surface area contributed by atoms with Gasteiger partial charge in [0.25, 0.3) is 0 Å². The first-order valence-electron chi connectivity index (χ1n) is 8.98. The fraction of sp³-hybridized carbons (Fsp3) is 0.611. The number of hydrogen-bond acceptors (Lipinski definition) is 4. The van der Waals surface area contributed by atoms with Crippen LogP contribution in [0.15, 0.2) is 29.3 Å². The number of rotatable bonds is 10. The molecule has 0 fully saturated rings. The topological polar surface area (TPSA) is 91.8 Å². The average Bonchev–Trinajstić information content (AvgIpc) is 2.55. The van der Waals surface area contributed by atoms with Crippen LogP contribution in [-0.4, -0.2) is 51.9 Å². The molecule has 0 aliphatic heterocycles. The summed E-state index contributed by atoms with van der Waals surface area (Å²) in [6, 6.07) is 6.29. The third kappa shape index (κ3) is 9.58. The highest BCUT2D eigenvalue weighted by Gasteiger charge is 2.22. The van der Waals surface area contributed by atoms with Crippen LogP contribution in [0.3, 0.4) is 0 Å². The summed E-state index contributed by atoms with van der Waals surface area (Å²) in [4.78, 5) is 4.44. The van der Waals surface area contributed by atoms with Gasteiger partial charge in [0, 0.05) is 12.1 Å². The summed E-state index contributed by atoms with van der Waals surface area (Å²) in [7, 11) is -3.33. The van der Waals surface area contributed by atoms with E-state index < -0.39 is 21.4 Å². The number of para-hydroxylation sites is 1. The highest BCUT2D eigenvalue weighted by molar-refractivity contribution is 7.88. The number of nitrogens with one attached hydrogen (secondary N) is 3. The van der Waals surface area contributed by atoms with E-state index in [0.29, 0.717) is 25.5 Å². The third-order valence-electron chi connectivity index (χ3n) is 3.52. The van der Waals surface area contributed by atoms with Gasteiger partial charge < -0.3 is 15.4 Å². The maximum absolute atomic E-state index is 13.8. The van der Waals surface area contributed by atoms with Gasteiger partial charge in [-0.25, -0.2) is 17.5 Å². The molecular formula is C18H31FN4O3S. The van der Waals surface area contributed by atoms with Crippen molar-refractivity contribution in [3.63, 3.8) is 0 Å². The Morgan fingerprint density at radius 3 is 2.48 bits per heavy atom. The molecule has 1 atom stereocenters. The molecule has 3 N–H and O–H groups in total. The molecule has 0 heterocycles. The van der Waals surface area contributed by atoms with Crippen LogP contribution < -0.4 is 20.1 Å². The summed E-state index contributed by atoms with van der Waals surface area (Å²) in [6.45, 7) is 8.74. The molecule has 0 bridgehead atoms. The van der Waals surface area contributed by atoms with E-state index in [-0.39, 0.29) is 18.4 Å². The molecule has 0 saturated carbocycles. The van der Waals surface area contributed by atoms with E-state index >= 15 is 0 Å². The Bertz CT molecular complexity index is 723. The minimum atomic E-state index is -3.33. The fourth-order valence-corrected chi connectivity index (χ4v) is 3.42. The molecule has 27 heavy (non-hydrogen) atoms. The number of benzene rings is 1. The van der Waals surface area contributed by atoms with E-state index in [1.54, 1.807) is 32.0 Å². The molecule has 1 aromatic rings. The highest BCUT2D eigenvalue weighted by Crippen LogP contribution is 2.17. The van der Waals surface area contributed by atoms with Gasteiger partial charge in [0.15, 0.2) is 17.5 Å². The van der Waals surface area contributed by atoms with Gasteiger partial charge in [0.1, 0.15) is 6.10 Å². The van der Waals surface area contributed by atoms with Crippen LogP contribution in [0, 0.1) is 5.82 Å². The van der Waals surface area contributed by atoms with Gasteiger partial charge in [-0.3, -0.25) is 4.99 Å². The molecule has 1 aromatic carbocycles. The number of ether oxygens (including phenoxy) is 1. The van der Waals surface area contributed by atoms with Gasteiger partial charge in [0.05, 0.1) is 19.3 Å². The maximum atomic E-state index is 13.8. The van der Waals surface area contributed by atoms with E-state index in [1.165, 1.54) is 6.07 Å². The summed E-state index contributed by atoms with van der Waals surface area (Å²) < 4.78 is 44.9. The standard InChI is InChI=1S/C18H31FN4O3S/c1-6-14(26-16-11-9-8-10-15(16)19)12-21-17(20-7-2)22-13-18(3,4)23-27(5,24)25/h8-11,14,23H,6-7,12-13H2,1-5H3,(H2,20,21,22). The lowest BCUT2D eigenvalue weighted by molar-refractivity contribution is 0.191. The second-order valence-corrected chi connectivity index (χ2v) is 8.66. The molecule has 0 aliphatic rings. The molecule has 0 aliphatic carbocycles. The molecule has 7 nitrogen and oxygen atoms in total. The smallest absolute Gasteiger partial charge is 0.209 e. The van der Waals surface area contributed by atoms with Crippen molar-refractivity contribution in [3.05, 3.63) is 30.1 Å². The molecular weight excluding hydrogens is 371 g/mol. The minimum absolute atomic E-state index is 0.214. The Morgan fingerprint density at radius 1 is 1.26 bits per heavy atom. The van der Waals surface area contributed by atoms with Crippen LogP contribution in [0.5, 0.6) is 5.75 Å². The zero-order chi connectivity index (χ0) is 20.5. The number of nitrogens with zero attached hydrogens (tertiary/aromatic N) is 1. The van der Waals surface area contributed by atoms with Crippen molar-refractivity contribution in [2.45, 2.75) is 45.8 Å². The zero-order valence-corrected chi connectivity index (χ0v) is 17.5. The average molecular weight is 403 g/mol. The normalized spacial score (nSPS) is 13.9. The molecule has 9 heteroatoms. The Hall–Kier alpha value is -1.87. The zero-order valence-electron chi connectivity index (χ0n) is 16.7. The van der Waals surface area contributed by atoms with Gasteiger partial charge in [-0.1, -0.05) is 19.1 Å². The third-order valence-corrected chi connectivity index (χ3v) is 4.44. The van der Waals surface area contributed by atoms with E-state index in [4.69, 9.17) is 4.74 Å². The summed E-state index contributed by atoms with van der Waals surface area (Å²) in [5, 5.41) is 6.27. The lowest BCUT2D eigenvalue weighted by atomic mass is 10.1. The predicted octanol–water partition coefficient (Wildman–Crippen LogP) is 1.87. The minimum Gasteiger partial charge on any atom is -0.486 e. The van der Waals surface area contributed by atoms with Gasteiger partial charge in [-0.2, -0.15) is 0 Å². The van der Waals surface area contributed by atoms with Crippen molar-refractivity contribution in [2.75, 3.05) is 25.9 Å². The van der Waals surface area contributed by atoms with Crippen molar-refractivity contribution in [1.29, 1.82) is 0 Å². The van der Waals surface area contributed by atoms with Crippen molar-refractivity contribution in [2.24, 2.45) is 4.99 Å². The first-order chi connectivity index (χ1) is 12.6. The van der Waals surface area contributed by atoms with Crippen LogP contribution in [0.2, 0.25) is 0 Å². The van der Waals surface area contributed by atoms with Crippen LogP contribution in [0.1, 0.15) is 34.1 Å². The Kier molecular flexibility index (Phi) is 8.98. The van der Waals surface area contributed by atoms with E-state index in [0.717, 1.165) is 6.26 Å². The van der Waals surface area contributed by atoms with E-state index in [2.05, 4.69) is 20.3 Å². The number of halogens is 1. The van der Waals surface area contributed by atoms with Crippen LogP contribution in [0.4, 0.5) is 4.39 Å². The number of aliphatic imine (C=N–C) groups is 1. The first-order valence-corrected chi connectivity index (χ1v) is 10.9. The van der Waals surface area contributed by atoms with Crippen LogP contribution in [0.25, 0.3) is 0 Å². The molecule has 0 aromatic heterocycles. The Morgan fingerprint density at radius 2 is 1.93 bits per heavy atom. The summed E-state index contributed by atoms with van der Waals surface area (Å²) in [6.07, 6.45) is 1.56. The van der Waals surface area contributed by atoms with E-state index in [9.17, 15) is 12.8 Å². The van der Waals surface area contributed by atoms with Crippen molar-refractivity contribution in [1.82, 2.24) is 15.4 Å². The van der Waals surface area contributed by atoms with Gasteiger partial charge in [-0.15, -0.1) is 0 Å². The summed E-state index contributed by atoms with van der Waals surface area (Å²) in [5.41, 5.74) is -0.718. The molecule has 0 saturated heterocycles. The maximum Gasteiger partial charge on any atom is 0.209 e. The monoisotopic (exact) mass is 402 g/mol. The fourth-order valence-electron chi connectivity index (χ4n) is 2.35. The second-order valence-electron chi connectivity index (χ2n) is 6.91. The second kappa shape index (κ2) is 10.5. The first kappa shape index (κ1) is 23.2. The quantitative estimate of drug-likeness (QED) is 0.410. The Labute approximate surface area is 161 Å². The number of hydrogen-bond donors (Lipinski definition) is 3. The molecule has 0 amide bonds. The summed E-state index contributed by atoms with van der Waals surface area (Å²) >= 11 is 0. The lowest BCUT2D eigenvalue weighted by Gasteiger charge is -2.24. The molecule has 0 radical (unpaired) electrons. The van der Waals surface area contributed by atoms with Crippen molar-refractivity contribution in [3.8, 4) is 5.75 Å². The number of sulfonamides is 1. The van der Waals surface area contributed by atoms with E-state index in [1.807, 2.05) is 13.8 Å². The van der Waals surface area contributed by atoms with Gasteiger partial charge in [0.2, 0.25) is 10.0 Å². The van der Waals surface area contributed by atoms with Crippen molar-refractivity contribution < 1.29 is 17.5 Å². The molecule has 0 spiro atoms. The number of guanidine groups is 1. The SMILES string of the molecule is CCNC(=NCC(C)(C)NS(C)(=O)=O)NCC(CC)Oc1ccccc1F. The molecule has 154 valence electrons. The predicted molar refractivity (Wildman–Crippen MR) is 107 cm³/mol. The molecule has 1 rings (SSSR count). The lowest BCUT2D eigenvalue weighted by Crippen LogP contribution is -2.47. The highest BCUT2D eigenvalue weighted by atomic mass is 32.2. The Balaban J connectivity index is 2.70. The largest absolute Gasteiger partial charge is 0.486 e. The summed E-state index contributed by atoms with van der Waals surface area (Å²) in [5.74, 6) is 0.355. The van der Waals surface area contributed by atoms with Gasteiger partial charge >= 0.3 is 0 Å². The molecule has 1 unspecified atom stereocenters. The van der Waals surface area contributed by atoms with Crippen LogP contribution >= 0.6 is 0 Å².